The van der Waals surface area contributed by atoms with Gasteiger partial charge in [0.1, 0.15) is 59.6 Å². The fourth-order valence-electron chi connectivity index (χ4n) is 12.8. The number of aromatic nitrogens is 3. The van der Waals surface area contributed by atoms with Gasteiger partial charge in [-0.15, -0.1) is 11.8 Å². The molecule has 6 heterocycles. The normalized spacial score (nSPS) is 25.9. The average Bonchev–Trinajstić information content (AvgIpc) is 1.74. The molecular weight excluding hydrogens is 1410 g/mol. The monoisotopic (exact) mass is 1510 g/mol. The van der Waals surface area contributed by atoms with Gasteiger partial charge in [0.2, 0.25) is 47.3 Å². The minimum atomic E-state index is -1.60. The van der Waals surface area contributed by atoms with Gasteiger partial charge in [-0.2, -0.15) is 0 Å². The zero-order chi connectivity index (χ0) is 75.5. The molecule has 4 aliphatic rings. The maximum absolute atomic E-state index is 15.6. The van der Waals surface area contributed by atoms with E-state index in [2.05, 4.69) is 62.2 Å². The number of amides is 8. The number of rotatable bonds is 21. The van der Waals surface area contributed by atoms with Crippen molar-refractivity contribution in [2.75, 3.05) is 42.8 Å². The third kappa shape index (κ3) is 24.7. The number of nitrogens with zero attached hydrogens (tertiary/aromatic N) is 4. The molecule has 2 aromatic carbocycles. The Morgan fingerprint density at radius 3 is 1.90 bits per heavy atom. The number of fused-ring (bicyclic) bond motifs is 7. The molecule has 34 heteroatoms. The third-order valence-electron chi connectivity index (χ3n) is 18.8. The first-order valence-corrected chi connectivity index (χ1v) is 38.9. The maximum atomic E-state index is 15.6. The first kappa shape index (κ1) is 81.4. The van der Waals surface area contributed by atoms with Gasteiger partial charge in [-0.1, -0.05) is 83.1 Å². The molecule has 3 fully saturated rings. The second-order valence-corrected chi connectivity index (χ2v) is 30.3. The number of para-hydroxylation sites is 1. The van der Waals surface area contributed by atoms with Crippen molar-refractivity contribution in [2.24, 2.45) is 56.6 Å². The van der Waals surface area contributed by atoms with Gasteiger partial charge in [-0.05, 0) is 81.6 Å². The first-order chi connectivity index (χ1) is 50.5. The molecule has 8 rings (SSSR count). The van der Waals surface area contributed by atoms with E-state index in [0.717, 1.165) is 32.5 Å². The van der Waals surface area contributed by atoms with Crippen LogP contribution in [0.1, 0.15) is 114 Å². The van der Waals surface area contributed by atoms with E-state index in [0.29, 0.717) is 28.9 Å². The Bertz CT molecular complexity index is 3830. The Morgan fingerprint density at radius 1 is 0.600 bits per heavy atom. The molecule has 8 amide bonds. The van der Waals surface area contributed by atoms with Crippen LogP contribution in [0.2, 0.25) is 0 Å². The van der Waals surface area contributed by atoms with Gasteiger partial charge in [0.25, 0.3) is 0 Å². The highest BCUT2D eigenvalue weighted by molar-refractivity contribution is 8.76. The number of guanidine groups is 1. The summed E-state index contributed by atoms with van der Waals surface area (Å²) in [6, 6.07) is 4.52. The number of nitrogens with one attached hydrogen (secondary N) is 9. The number of aliphatic carboxylic acids is 1. The summed E-state index contributed by atoms with van der Waals surface area (Å²) in [6.45, 7) is 1.58. The van der Waals surface area contributed by atoms with Crippen LogP contribution in [0, 0.1) is 23.7 Å². The van der Waals surface area contributed by atoms with Crippen LogP contribution in [0.15, 0.2) is 95.1 Å². The van der Waals surface area contributed by atoms with E-state index < -0.39 is 187 Å². The highest BCUT2D eigenvalue weighted by Crippen LogP contribution is 2.33. The predicted molar refractivity (Wildman–Crippen MR) is 398 cm³/mol. The van der Waals surface area contributed by atoms with Crippen LogP contribution in [0.5, 0.6) is 0 Å². The van der Waals surface area contributed by atoms with Crippen LogP contribution < -0.4 is 60.2 Å². The standard InChI is InChI=1S/C71H95N17O14S3/c1-40-25-59(90)45-30-60(91)43(27-44-33-79-49-16-6-5-15-48(44)49)29-61(92)53(31-46-14-9-23-77-46)84-67(99)54(26-41-11-3-2-4-12-41)85-68(100)55(32-47-34-76-38-80-47)86-69(101)57-37-103-39-88(57)70(102)56(36-105-104-35-45)87-65(97)51(18-10-24-78-71(74)75)83-64(96)50(17-8-22-73)82-66(98)52(19-20-62(93)94)81-63(95)42(13-7-21-72)28-58(40)89/h2-6,11-12,14-16,23,33-34,38,40,42-43,45,50-57,79H,7-10,13,17-22,24-32,35-37,39,72-73H2,1H3,(H,76,80)(H,81,95)(H,82,98)(H,83,96)(H,84,99)(H,85,100)(H,86,101)(H,87,97)(H,93,94)(H4,74,75,78)/t40-,42-,43-,45+,50+,51+,52+,53+,54-,55+,56+,57+/m1/s1. The molecule has 0 saturated carbocycles. The molecule has 0 aliphatic carbocycles. The molecule has 0 radical (unpaired) electrons. The molecule has 0 unspecified atom stereocenters. The molecule has 0 spiro atoms. The van der Waals surface area contributed by atoms with Crippen LogP contribution in [-0.4, -0.2) is 205 Å². The number of carbonyl (C=O) groups excluding carboxylic acids is 12. The number of thioether (sulfide) groups is 1. The third-order valence-corrected chi connectivity index (χ3v) is 22.3. The first-order valence-electron chi connectivity index (χ1n) is 35.3. The number of ketones is 4. The van der Waals surface area contributed by atoms with Crippen molar-refractivity contribution in [1.29, 1.82) is 0 Å². The lowest BCUT2D eigenvalue weighted by Gasteiger charge is -2.30. The van der Waals surface area contributed by atoms with E-state index in [-0.39, 0.29) is 113 Å². The molecule has 105 heavy (non-hydrogen) atoms. The van der Waals surface area contributed by atoms with E-state index in [4.69, 9.17) is 22.9 Å². The number of imidazole rings is 1. The van der Waals surface area contributed by atoms with E-state index in [1.165, 1.54) is 36.1 Å². The fourth-order valence-corrected chi connectivity index (χ4v) is 16.5. The van der Waals surface area contributed by atoms with Crippen molar-refractivity contribution in [2.45, 2.75) is 164 Å². The number of aromatic amines is 2. The summed E-state index contributed by atoms with van der Waals surface area (Å²) in [6.07, 6.45) is 5.19. The summed E-state index contributed by atoms with van der Waals surface area (Å²) >= 11 is 1.20. The fraction of sp³-hybridized carbons (Fsp3) is 0.521. The van der Waals surface area contributed by atoms with E-state index in [1.807, 2.05) is 24.3 Å². The van der Waals surface area contributed by atoms with Gasteiger partial charge >= 0.3 is 5.97 Å². The molecule has 2 bridgehead atoms. The molecule has 3 saturated heterocycles. The zero-order valence-electron chi connectivity index (χ0n) is 58.6. The lowest BCUT2D eigenvalue weighted by atomic mass is 9.82. The van der Waals surface area contributed by atoms with Crippen molar-refractivity contribution >= 4 is 133 Å². The summed E-state index contributed by atoms with van der Waals surface area (Å²) in [5.41, 5.74) is 26.1. The van der Waals surface area contributed by atoms with Gasteiger partial charge in [-0.3, -0.25) is 72.3 Å². The van der Waals surface area contributed by atoms with Gasteiger partial charge < -0.3 is 80.1 Å². The Balaban J connectivity index is 1.26. The smallest absolute Gasteiger partial charge is 0.303 e. The van der Waals surface area contributed by atoms with Crippen LogP contribution in [-0.2, 0) is 81.6 Å². The summed E-state index contributed by atoms with van der Waals surface area (Å²) in [4.78, 5) is 213. The Hall–Kier alpha value is -9.25. The van der Waals surface area contributed by atoms with Crippen molar-refractivity contribution in [3.05, 3.63) is 102 Å². The minimum Gasteiger partial charge on any atom is -0.481 e. The summed E-state index contributed by atoms with van der Waals surface area (Å²) in [5.74, 6) is -15.8. The number of hydrogen-bond acceptors (Lipinski definition) is 21. The number of aliphatic imine (C=N–C) groups is 2. The van der Waals surface area contributed by atoms with Crippen LogP contribution in [0.4, 0.5) is 0 Å². The number of carboxylic acid groups (broad SMARTS) is 1. The molecule has 18 N–H and O–H groups in total. The minimum absolute atomic E-state index is 0.00208. The van der Waals surface area contributed by atoms with E-state index in [1.54, 1.807) is 48.8 Å². The average molecular weight is 1510 g/mol. The van der Waals surface area contributed by atoms with Gasteiger partial charge in [-0.25, -0.2) is 4.98 Å². The van der Waals surface area contributed by atoms with Crippen molar-refractivity contribution < 1.29 is 67.4 Å². The SMILES string of the molecule is C[C@@H]1CC(=O)[C@@H]2CSSC[C@H](NC(=O)[C@H](CCCN=C(N)N)NC(=O)[C@H](CCCN)NC(=O)[C@H](CCC(=O)O)NC(=O)[C@H](CCCN)CC1=O)C(=O)N1CSC[C@H]1C(=O)N[C@@H](Cc1cnc[nH]1)C(=O)N[C@H](Cc1ccccc1)C(=O)N[C@@H](CC1=CCC=N1)C(=O)C[C@@H](Cc1c[nH]c3ccccc13)C(=O)C2. The maximum Gasteiger partial charge on any atom is 0.303 e. The molecule has 12 atom stereocenters. The highest BCUT2D eigenvalue weighted by atomic mass is 33.1. The predicted octanol–water partition coefficient (Wildman–Crippen LogP) is 1.09. The van der Waals surface area contributed by atoms with Gasteiger partial charge in [0.15, 0.2) is 11.7 Å². The van der Waals surface area contributed by atoms with Crippen LogP contribution >= 0.6 is 33.3 Å². The molecule has 31 nitrogen and oxygen atoms in total. The molecule has 2 aromatic heterocycles. The quantitative estimate of drug-likeness (QED) is 0.0240. The number of carboxylic acids is 1. The summed E-state index contributed by atoms with van der Waals surface area (Å²) in [5, 5.41) is 29.9. The molecule has 566 valence electrons. The zero-order valence-corrected chi connectivity index (χ0v) is 61.0. The number of nitrogens with two attached hydrogens (primary N) is 4. The molecule has 4 aliphatic heterocycles. The topological polar surface area (TPSA) is 503 Å². The lowest BCUT2D eigenvalue weighted by Crippen LogP contribution is -2.61. The molecular formula is C71H95N17O14S3. The number of hydrogen-bond donors (Lipinski definition) is 14. The van der Waals surface area contributed by atoms with E-state index in [9.17, 15) is 29.1 Å². The molecule has 4 aromatic rings. The second kappa shape index (κ2) is 40.9. The van der Waals surface area contributed by atoms with Gasteiger partial charge in [0.05, 0.1) is 18.2 Å². The van der Waals surface area contributed by atoms with Crippen LogP contribution in [0.25, 0.3) is 10.9 Å². The van der Waals surface area contributed by atoms with Crippen molar-refractivity contribution in [1.82, 2.24) is 57.1 Å². The largest absolute Gasteiger partial charge is 0.481 e. The van der Waals surface area contributed by atoms with E-state index >= 15 is 38.4 Å². The number of benzene rings is 2. The summed E-state index contributed by atoms with van der Waals surface area (Å²) < 4.78 is 0. The highest BCUT2D eigenvalue weighted by Gasteiger charge is 2.43. The second-order valence-electron chi connectivity index (χ2n) is 26.7. The van der Waals surface area contributed by atoms with Crippen molar-refractivity contribution in [3.63, 3.8) is 0 Å². The van der Waals surface area contributed by atoms with Crippen molar-refractivity contribution in [3.8, 4) is 0 Å². The number of H-pyrrole nitrogens is 2. The Labute approximate surface area is 619 Å². The van der Waals surface area contributed by atoms with Crippen LogP contribution in [0.3, 0.4) is 0 Å². The Morgan fingerprint density at radius 2 is 1.22 bits per heavy atom. The number of Topliss-reactive ketones (excluding diaryl/α,β-unsaturated/α-hetero) is 4. The number of allylic oxidation sites excluding steroid dienone is 1. The van der Waals surface area contributed by atoms with Gasteiger partial charge in [0, 0.05) is 146 Å². The number of carbonyl (C=O) groups is 13. The lowest BCUT2D eigenvalue weighted by molar-refractivity contribution is -0.142. The summed E-state index contributed by atoms with van der Waals surface area (Å²) in [7, 11) is 2.10. The Kier molecular flexibility index (Phi) is 31.7.